The third-order valence-electron chi connectivity index (χ3n) is 4.68. The molecule has 3 N–H and O–H groups in total. The van der Waals surface area contributed by atoms with Gasteiger partial charge in [-0.1, -0.05) is 24.3 Å². The first-order chi connectivity index (χ1) is 15.9. The predicted octanol–water partition coefficient (Wildman–Crippen LogP) is 3.89. The maximum atomic E-state index is 13.0. The minimum absolute atomic E-state index is 0.0114. The zero-order valence-electron chi connectivity index (χ0n) is 18.5. The first kappa shape index (κ1) is 23.6. The normalized spacial score (nSPS) is 10.3. The first-order valence-corrected chi connectivity index (χ1v) is 10.4. The van der Waals surface area contributed by atoms with Gasteiger partial charge in [-0.25, -0.2) is 4.39 Å². The molecule has 0 aliphatic carbocycles. The van der Waals surface area contributed by atoms with E-state index < -0.39 is 0 Å². The summed E-state index contributed by atoms with van der Waals surface area (Å²) in [5.41, 5.74) is 3.06. The number of carbonyl (C=O) groups excluding carboxylic acids is 2. The molecule has 0 bridgehead atoms. The van der Waals surface area contributed by atoms with Crippen LogP contribution >= 0.6 is 0 Å². The molecule has 2 amide bonds. The zero-order chi connectivity index (χ0) is 23.6. The van der Waals surface area contributed by atoms with Crippen molar-refractivity contribution in [3.8, 4) is 11.5 Å². The van der Waals surface area contributed by atoms with Crippen LogP contribution in [0.25, 0.3) is 0 Å². The molecule has 0 atom stereocenters. The largest absolute Gasteiger partial charge is 0.495 e. The molecule has 172 valence electrons. The summed E-state index contributed by atoms with van der Waals surface area (Å²) in [5.74, 6) is 0.165. The average Bonchev–Trinajstić information content (AvgIpc) is 2.81. The van der Waals surface area contributed by atoms with Gasteiger partial charge in [0.25, 0.3) is 0 Å². The van der Waals surface area contributed by atoms with Gasteiger partial charge in [-0.15, -0.1) is 0 Å². The summed E-state index contributed by atoms with van der Waals surface area (Å²) < 4.78 is 23.9. The van der Waals surface area contributed by atoms with Gasteiger partial charge in [0, 0.05) is 11.8 Å². The van der Waals surface area contributed by atoms with E-state index in [1.807, 2.05) is 13.0 Å². The third-order valence-corrected chi connectivity index (χ3v) is 4.68. The number of ether oxygens (including phenoxy) is 2. The molecule has 0 aromatic heterocycles. The Morgan fingerprint density at radius 1 is 0.939 bits per heavy atom. The van der Waals surface area contributed by atoms with Crippen LogP contribution in [-0.2, 0) is 16.2 Å². The van der Waals surface area contributed by atoms with E-state index in [9.17, 15) is 14.0 Å². The van der Waals surface area contributed by atoms with E-state index in [2.05, 4.69) is 16.0 Å². The Balaban J connectivity index is 1.43. The lowest BCUT2D eigenvalue weighted by Crippen LogP contribution is -2.36. The van der Waals surface area contributed by atoms with Crippen molar-refractivity contribution in [2.45, 2.75) is 13.5 Å². The highest BCUT2D eigenvalue weighted by atomic mass is 19.1. The topological polar surface area (TPSA) is 88.7 Å². The number of nitrogens with one attached hydrogen (secondary N) is 3. The number of rotatable bonds is 10. The molecule has 7 nitrogen and oxygen atoms in total. The minimum Gasteiger partial charge on any atom is -0.495 e. The van der Waals surface area contributed by atoms with Crippen LogP contribution in [0.2, 0.25) is 0 Å². The Morgan fingerprint density at radius 3 is 2.48 bits per heavy atom. The number of methoxy groups -OCH3 is 1. The number of anilines is 2. The summed E-state index contributed by atoms with van der Waals surface area (Å²) in [6.07, 6.45) is 0. The maximum absolute atomic E-state index is 13.0. The molecular formula is C25H26FN3O4. The molecule has 0 aliphatic rings. The van der Waals surface area contributed by atoms with E-state index in [0.717, 1.165) is 11.1 Å². The van der Waals surface area contributed by atoms with Gasteiger partial charge in [-0.05, 0) is 54.4 Å². The Labute approximate surface area is 191 Å². The lowest BCUT2D eigenvalue weighted by Gasteiger charge is -2.12. The van der Waals surface area contributed by atoms with E-state index in [1.165, 1.54) is 19.2 Å². The van der Waals surface area contributed by atoms with Crippen molar-refractivity contribution < 1.29 is 23.5 Å². The lowest BCUT2D eigenvalue weighted by atomic mass is 10.2. The first-order valence-electron chi connectivity index (χ1n) is 10.4. The van der Waals surface area contributed by atoms with Gasteiger partial charge in [0.15, 0.2) is 0 Å². The average molecular weight is 451 g/mol. The maximum Gasteiger partial charge on any atom is 0.243 e. The van der Waals surface area contributed by atoms with Gasteiger partial charge in [0.05, 0.1) is 25.9 Å². The standard InChI is InChI=1S/C25H26FN3O4/c1-17-6-11-23(32-2)22(12-17)29-25(31)15-28-24(30)14-27-20-4-3-5-21(13-20)33-16-18-7-9-19(26)10-8-18/h3-13,27H,14-16H2,1-2H3,(H,28,30)(H,29,31). The number of aryl methyl sites for hydroxylation is 1. The Kier molecular flexibility index (Phi) is 8.24. The van der Waals surface area contributed by atoms with Crippen LogP contribution in [0.1, 0.15) is 11.1 Å². The molecule has 0 unspecified atom stereocenters. The molecule has 8 heteroatoms. The second-order valence-electron chi connectivity index (χ2n) is 7.33. The molecule has 0 fully saturated rings. The van der Waals surface area contributed by atoms with Crippen LogP contribution in [0.15, 0.2) is 66.7 Å². The number of hydrogen-bond donors (Lipinski definition) is 3. The number of carbonyl (C=O) groups is 2. The predicted molar refractivity (Wildman–Crippen MR) is 125 cm³/mol. The highest BCUT2D eigenvalue weighted by molar-refractivity contribution is 5.96. The molecule has 0 heterocycles. The lowest BCUT2D eigenvalue weighted by molar-refractivity contribution is -0.122. The van der Waals surface area contributed by atoms with Crippen molar-refractivity contribution in [1.29, 1.82) is 0 Å². The molecular weight excluding hydrogens is 425 g/mol. The molecule has 33 heavy (non-hydrogen) atoms. The van der Waals surface area contributed by atoms with Gasteiger partial charge in [-0.2, -0.15) is 0 Å². The quantitative estimate of drug-likeness (QED) is 0.435. The summed E-state index contributed by atoms with van der Waals surface area (Å²) >= 11 is 0. The van der Waals surface area contributed by atoms with Gasteiger partial charge in [0.1, 0.15) is 23.9 Å². The Bertz CT molecular complexity index is 1100. The summed E-state index contributed by atoms with van der Waals surface area (Å²) in [6, 6.07) is 18.7. The van der Waals surface area contributed by atoms with E-state index in [4.69, 9.17) is 9.47 Å². The van der Waals surface area contributed by atoms with Gasteiger partial charge in [0.2, 0.25) is 11.8 Å². The van der Waals surface area contributed by atoms with E-state index in [1.54, 1.807) is 48.5 Å². The molecule has 0 saturated carbocycles. The van der Waals surface area contributed by atoms with E-state index in [-0.39, 0.29) is 30.7 Å². The van der Waals surface area contributed by atoms with Crippen molar-refractivity contribution in [3.63, 3.8) is 0 Å². The molecule has 0 spiro atoms. The van der Waals surface area contributed by atoms with Crippen molar-refractivity contribution in [3.05, 3.63) is 83.7 Å². The van der Waals surface area contributed by atoms with Crippen LogP contribution in [0.3, 0.4) is 0 Å². The van der Waals surface area contributed by atoms with Crippen LogP contribution in [0.4, 0.5) is 15.8 Å². The second-order valence-corrected chi connectivity index (χ2v) is 7.33. The van der Waals surface area contributed by atoms with Crippen molar-refractivity contribution in [2.75, 3.05) is 30.8 Å². The summed E-state index contributed by atoms with van der Waals surface area (Å²) in [5, 5.41) is 8.30. The highest BCUT2D eigenvalue weighted by Gasteiger charge is 2.10. The fourth-order valence-corrected chi connectivity index (χ4v) is 2.98. The molecule has 0 aliphatic heterocycles. The fraction of sp³-hybridized carbons (Fsp3) is 0.200. The monoisotopic (exact) mass is 451 g/mol. The molecule has 3 aromatic carbocycles. The molecule has 3 aromatic rings. The van der Waals surface area contributed by atoms with Crippen LogP contribution in [0, 0.1) is 12.7 Å². The minimum atomic E-state index is -0.358. The van der Waals surface area contributed by atoms with Crippen LogP contribution < -0.4 is 25.4 Å². The van der Waals surface area contributed by atoms with E-state index in [0.29, 0.717) is 29.5 Å². The third kappa shape index (κ3) is 7.53. The van der Waals surface area contributed by atoms with Crippen molar-refractivity contribution >= 4 is 23.2 Å². The van der Waals surface area contributed by atoms with Crippen LogP contribution in [-0.4, -0.2) is 32.0 Å². The summed E-state index contributed by atoms with van der Waals surface area (Å²) in [7, 11) is 1.52. The van der Waals surface area contributed by atoms with Gasteiger partial charge in [-0.3, -0.25) is 9.59 Å². The zero-order valence-corrected chi connectivity index (χ0v) is 18.5. The van der Waals surface area contributed by atoms with Crippen LogP contribution in [0.5, 0.6) is 11.5 Å². The fourth-order valence-electron chi connectivity index (χ4n) is 2.98. The summed E-state index contributed by atoms with van der Waals surface area (Å²) in [4.78, 5) is 24.3. The van der Waals surface area contributed by atoms with Gasteiger partial charge < -0.3 is 25.4 Å². The smallest absolute Gasteiger partial charge is 0.243 e. The number of benzene rings is 3. The van der Waals surface area contributed by atoms with E-state index >= 15 is 0 Å². The number of amides is 2. The Morgan fingerprint density at radius 2 is 1.73 bits per heavy atom. The number of hydrogen-bond acceptors (Lipinski definition) is 5. The SMILES string of the molecule is COc1ccc(C)cc1NC(=O)CNC(=O)CNc1cccc(OCc2ccc(F)cc2)c1. The second kappa shape index (κ2) is 11.5. The summed E-state index contributed by atoms with van der Waals surface area (Å²) in [6.45, 7) is 2.03. The van der Waals surface area contributed by atoms with Crippen molar-refractivity contribution in [1.82, 2.24) is 5.32 Å². The molecule has 0 saturated heterocycles. The van der Waals surface area contributed by atoms with Crippen molar-refractivity contribution in [2.24, 2.45) is 0 Å². The Hall–Kier alpha value is -4.07. The highest BCUT2D eigenvalue weighted by Crippen LogP contribution is 2.25. The van der Waals surface area contributed by atoms with Gasteiger partial charge >= 0.3 is 0 Å². The molecule has 3 rings (SSSR count). The number of halogens is 1. The molecule has 0 radical (unpaired) electrons.